The first-order valence-corrected chi connectivity index (χ1v) is 1.35. The third-order valence-electron chi connectivity index (χ3n) is 0.215. The largest absolute Gasteiger partial charge is 0.323 e. The summed E-state index contributed by atoms with van der Waals surface area (Å²) in [5.41, 5.74) is 0. The molecule has 0 saturated heterocycles. The van der Waals surface area contributed by atoms with Crippen LogP contribution in [0.2, 0.25) is 0 Å². The summed E-state index contributed by atoms with van der Waals surface area (Å²) in [5, 5.41) is 2.84. The number of nitrogens with zero attached hydrogens (tertiary/aromatic N) is 1. The molecule has 0 heterocycles. The first-order chi connectivity index (χ1) is 2.77. The Morgan fingerprint density at radius 3 is 2.50 bits per heavy atom. The van der Waals surface area contributed by atoms with Crippen LogP contribution in [0, 0.1) is 0 Å². The second kappa shape index (κ2) is 2.38. The Kier molecular flexibility index (Phi) is 2.04. The van der Waals surface area contributed by atoms with Crippen LogP contribution in [0.25, 0.3) is 0 Å². The molecule has 0 atom stereocenters. The first-order valence-electron chi connectivity index (χ1n) is 1.35. The zero-order valence-electron chi connectivity index (χ0n) is 3.19. The highest BCUT2D eigenvalue weighted by molar-refractivity contribution is 5.74. The maximum Gasteiger partial charge on any atom is 0.136 e. The minimum atomic E-state index is -0.627. The van der Waals surface area contributed by atoms with Crippen molar-refractivity contribution in [3.8, 4) is 0 Å². The van der Waals surface area contributed by atoms with Crippen LogP contribution in [0.15, 0.2) is 17.5 Å². The Morgan fingerprint density at radius 2 is 2.50 bits per heavy atom. The molecule has 2 N–H and O–H groups in total. The molecule has 0 amide bonds. The summed E-state index contributed by atoms with van der Waals surface area (Å²) in [4.78, 5) is 0. The molecular formula is C3H5FN2. The van der Waals surface area contributed by atoms with Gasteiger partial charge in [0, 0.05) is 0 Å². The van der Waals surface area contributed by atoms with Crippen molar-refractivity contribution in [1.82, 2.24) is 0 Å². The van der Waals surface area contributed by atoms with Gasteiger partial charge in [0.1, 0.15) is 5.83 Å². The Balaban J connectivity index is 3.30. The van der Waals surface area contributed by atoms with Crippen molar-refractivity contribution in [3.05, 3.63) is 12.4 Å². The average molecular weight is 88.1 g/mol. The van der Waals surface area contributed by atoms with Crippen LogP contribution < -0.4 is 5.84 Å². The Hall–Kier alpha value is -0.860. The lowest BCUT2D eigenvalue weighted by Crippen LogP contribution is -1.80. The van der Waals surface area contributed by atoms with Crippen molar-refractivity contribution in [1.29, 1.82) is 0 Å². The quantitative estimate of drug-likeness (QED) is 0.281. The molecule has 2 nitrogen and oxygen atoms in total. The maximum absolute atomic E-state index is 11.3. The number of rotatable bonds is 1. The summed E-state index contributed by atoms with van der Waals surface area (Å²) < 4.78 is 11.3. The van der Waals surface area contributed by atoms with Crippen molar-refractivity contribution in [2.24, 2.45) is 10.9 Å². The summed E-state index contributed by atoms with van der Waals surface area (Å²) in [7, 11) is 0. The van der Waals surface area contributed by atoms with Crippen molar-refractivity contribution in [2.45, 2.75) is 0 Å². The summed E-state index contributed by atoms with van der Waals surface area (Å²) >= 11 is 0. The number of hydrogen-bond donors (Lipinski definition) is 1. The predicted molar refractivity (Wildman–Crippen MR) is 22.9 cm³/mol. The molecule has 0 fully saturated rings. The van der Waals surface area contributed by atoms with Gasteiger partial charge in [-0.25, -0.2) is 4.39 Å². The highest BCUT2D eigenvalue weighted by Crippen LogP contribution is 1.79. The van der Waals surface area contributed by atoms with Crippen LogP contribution in [-0.2, 0) is 0 Å². The van der Waals surface area contributed by atoms with Crippen LogP contribution in [0.5, 0.6) is 0 Å². The average Bonchev–Trinajstić information content (AvgIpc) is 1.35. The highest BCUT2D eigenvalue weighted by atomic mass is 19.1. The fourth-order valence-electron chi connectivity index (χ4n) is 0.0809. The van der Waals surface area contributed by atoms with Gasteiger partial charge >= 0.3 is 0 Å². The number of allylic oxidation sites excluding steroid dienone is 1. The molecule has 34 valence electrons. The van der Waals surface area contributed by atoms with Gasteiger partial charge in [-0.15, -0.1) is 0 Å². The minimum Gasteiger partial charge on any atom is -0.323 e. The standard InChI is InChI=1S/C3H5FN2/c1-3(4)2-6-5/h2H,1,5H2. The number of hydrazone groups is 1. The van der Waals surface area contributed by atoms with E-state index in [1.165, 1.54) is 0 Å². The first kappa shape index (κ1) is 5.14. The van der Waals surface area contributed by atoms with E-state index in [1.54, 1.807) is 0 Å². The second-order valence-electron chi connectivity index (χ2n) is 0.725. The number of hydrogen-bond acceptors (Lipinski definition) is 2. The number of halogens is 1. The lowest BCUT2D eigenvalue weighted by atomic mass is 10.7. The molecule has 6 heavy (non-hydrogen) atoms. The minimum absolute atomic E-state index is 0.627. The lowest BCUT2D eigenvalue weighted by Gasteiger charge is -1.70. The summed E-state index contributed by atoms with van der Waals surface area (Å²) in [6.07, 6.45) is 0.833. The zero-order chi connectivity index (χ0) is 4.99. The molecule has 0 aromatic carbocycles. The Morgan fingerprint density at radius 1 is 2.00 bits per heavy atom. The second-order valence-corrected chi connectivity index (χ2v) is 0.725. The SMILES string of the molecule is C=C(F)C=NN. The predicted octanol–water partition coefficient (Wildman–Crippen LogP) is 0.414. The van der Waals surface area contributed by atoms with Crippen molar-refractivity contribution in [2.75, 3.05) is 0 Å². The molecule has 0 aromatic rings. The molecule has 0 spiro atoms. The third-order valence-corrected chi connectivity index (χ3v) is 0.215. The van der Waals surface area contributed by atoms with Gasteiger partial charge in [-0.3, -0.25) is 0 Å². The van der Waals surface area contributed by atoms with Gasteiger partial charge in [0.2, 0.25) is 0 Å². The number of nitrogens with two attached hydrogens (primary N) is 1. The van der Waals surface area contributed by atoms with Gasteiger partial charge in [-0.2, -0.15) is 5.10 Å². The molecule has 0 rings (SSSR count). The molecule has 0 bridgehead atoms. The lowest BCUT2D eigenvalue weighted by molar-refractivity contribution is 0.690. The topological polar surface area (TPSA) is 38.4 Å². The van der Waals surface area contributed by atoms with E-state index in [9.17, 15) is 4.39 Å². The third kappa shape index (κ3) is 3.14. The Bertz CT molecular complexity index is 76.9. The summed E-state index contributed by atoms with van der Waals surface area (Å²) in [6.45, 7) is 2.85. The van der Waals surface area contributed by atoms with E-state index in [2.05, 4.69) is 17.5 Å². The summed E-state index contributed by atoms with van der Waals surface area (Å²) in [5.74, 6) is 3.87. The fourth-order valence-corrected chi connectivity index (χ4v) is 0.0809. The molecule has 3 heteroatoms. The van der Waals surface area contributed by atoms with Crippen LogP contribution in [0.3, 0.4) is 0 Å². The normalized spacial score (nSPS) is 9.50. The molecule has 0 aliphatic heterocycles. The van der Waals surface area contributed by atoms with Gasteiger partial charge in [-0.05, 0) is 0 Å². The zero-order valence-corrected chi connectivity index (χ0v) is 3.19. The highest BCUT2D eigenvalue weighted by Gasteiger charge is 1.72. The van der Waals surface area contributed by atoms with E-state index in [-0.39, 0.29) is 0 Å². The van der Waals surface area contributed by atoms with E-state index >= 15 is 0 Å². The fraction of sp³-hybridized carbons (Fsp3) is 0. The van der Waals surface area contributed by atoms with Gasteiger partial charge < -0.3 is 5.84 Å². The van der Waals surface area contributed by atoms with Crippen LogP contribution in [-0.4, -0.2) is 6.21 Å². The smallest absolute Gasteiger partial charge is 0.136 e. The van der Waals surface area contributed by atoms with Crippen LogP contribution >= 0.6 is 0 Å². The van der Waals surface area contributed by atoms with E-state index in [0.29, 0.717) is 0 Å². The van der Waals surface area contributed by atoms with E-state index < -0.39 is 5.83 Å². The van der Waals surface area contributed by atoms with Gasteiger partial charge in [-0.1, -0.05) is 6.58 Å². The Labute approximate surface area is 35.2 Å². The molecule has 0 unspecified atom stereocenters. The van der Waals surface area contributed by atoms with Gasteiger partial charge in [0.05, 0.1) is 6.21 Å². The molecule has 0 aromatic heterocycles. The van der Waals surface area contributed by atoms with Crippen molar-refractivity contribution >= 4 is 6.21 Å². The molecule has 0 saturated carbocycles. The monoisotopic (exact) mass is 88.0 g/mol. The molecule has 0 aliphatic carbocycles. The molecule has 0 aliphatic rings. The van der Waals surface area contributed by atoms with Gasteiger partial charge in [0.25, 0.3) is 0 Å². The van der Waals surface area contributed by atoms with Crippen molar-refractivity contribution in [3.63, 3.8) is 0 Å². The maximum atomic E-state index is 11.3. The van der Waals surface area contributed by atoms with E-state index in [1.807, 2.05) is 0 Å². The molecular weight excluding hydrogens is 83.0 g/mol. The van der Waals surface area contributed by atoms with E-state index in [0.717, 1.165) is 6.21 Å². The van der Waals surface area contributed by atoms with Crippen molar-refractivity contribution < 1.29 is 4.39 Å². The van der Waals surface area contributed by atoms with Crippen LogP contribution in [0.4, 0.5) is 4.39 Å². The van der Waals surface area contributed by atoms with Gasteiger partial charge in [0.15, 0.2) is 0 Å². The van der Waals surface area contributed by atoms with E-state index in [4.69, 9.17) is 0 Å². The van der Waals surface area contributed by atoms with Crippen LogP contribution in [0.1, 0.15) is 0 Å². The summed E-state index contributed by atoms with van der Waals surface area (Å²) in [6, 6.07) is 0. The molecule has 0 radical (unpaired) electrons.